The summed E-state index contributed by atoms with van der Waals surface area (Å²) in [5.74, 6) is 0.303. The molecule has 0 unspecified atom stereocenters. The van der Waals surface area contributed by atoms with Crippen molar-refractivity contribution >= 4 is 11.8 Å². The zero-order chi connectivity index (χ0) is 26.3. The van der Waals surface area contributed by atoms with Crippen LogP contribution in [0.2, 0.25) is 0 Å². The van der Waals surface area contributed by atoms with Crippen molar-refractivity contribution in [1.82, 2.24) is 5.43 Å². The Hall–Kier alpha value is -4.07. The predicted molar refractivity (Wildman–Crippen MR) is 140 cm³/mol. The summed E-state index contributed by atoms with van der Waals surface area (Å²) in [5, 5.41) is 13.2. The molecule has 1 aliphatic heterocycles. The van der Waals surface area contributed by atoms with Crippen LogP contribution < -0.4 is 20.6 Å². The molecule has 1 aliphatic carbocycles. The molecule has 2 atom stereocenters. The molecule has 192 valence electrons. The largest absolute Gasteiger partial charge is 0.492 e. The van der Waals surface area contributed by atoms with Gasteiger partial charge in [-0.05, 0) is 78.8 Å². The molecular formula is C29H30FN3O4. The number of hydrogen-bond acceptors (Lipinski definition) is 5. The van der Waals surface area contributed by atoms with Gasteiger partial charge in [0.25, 0.3) is 0 Å². The summed E-state index contributed by atoms with van der Waals surface area (Å²) in [6, 6.07) is 12.8. The number of amidine groups is 1. The summed E-state index contributed by atoms with van der Waals surface area (Å²) in [6.45, 7) is 4.39. The summed E-state index contributed by atoms with van der Waals surface area (Å²) in [4.78, 5) is 11.1. The van der Waals surface area contributed by atoms with Gasteiger partial charge in [-0.1, -0.05) is 12.1 Å². The third-order valence-electron chi connectivity index (χ3n) is 7.18. The van der Waals surface area contributed by atoms with Crippen molar-refractivity contribution < 1.29 is 23.8 Å². The van der Waals surface area contributed by atoms with Crippen molar-refractivity contribution in [2.24, 2.45) is 10.8 Å². The Bertz CT molecular complexity index is 1400. The molecule has 7 nitrogen and oxygen atoms in total. The molecule has 0 saturated carbocycles. The van der Waals surface area contributed by atoms with E-state index in [1.807, 2.05) is 44.2 Å². The van der Waals surface area contributed by atoms with Crippen LogP contribution in [0.1, 0.15) is 58.2 Å². The van der Waals surface area contributed by atoms with E-state index in [1.165, 1.54) is 6.07 Å². The number of halogens is 1. The number of ether oxygens (including phenoxy) is 2. The zero-order valence-corrected chi connectivity index (χ0v) is 21.1. The second kappa shape index (κ2) is 9.76. The first-order valence-electron chi connectivity index (χ1n) is 12.3. The fourth-order valence-corrected chi connectivity index (χ4v) is 5.62. The third kappa shape index (κ3) is 4.59. The second-order valence-electron chi connectivity index (χ2n) is 9.64. The van der Waals surface area contributed by atoms with Crippen molar-refractivity contribution in [2.75, 3.05) is 13.7 Å². The first-order valence-corrected chi connectivity index (χ1v) is 12.3. The van der Waals surface area contributed by atoms with E-state index in [4.69, 9.17) is 20.3 Å². The number of benzene rings is 3. The highest BCUT2D eigenvalue weighted by Gasteiger charge is 2.32. The number of fused-ring (bicyclic) bond motifs is 2. The van der Waals surface area contributed by atoms with Crippen LogP contribution in [0, 0.1) is 19.7 Å². The summed E-state index contributed by atoms with van der Waals surface area (Å²) < 4.78 is 27.2. The van der Waals surface area contributed by atoms with Crippen LogP contribution in [-0.2, 0) is 11.2 Å². The molecule has 3 aromatic carbocycles. The van der Waals surface area contributed by atoms with Gasteiger partial charge in [0, 0.05) is 35.7 Å². The van der Waals surface area contributed by atoms with Crippen molar-refractivity contribution in [3.63, 3.8) is 0 Å². The first-order chi connectivity index (χ1) is 17.8. The van der Waals surface area contributed by atoms with Crippen LogP contribution >= 0.6 is 0 Å². The number of nitrogens with two attached hydrogens (primary N) is 1. The van der Waals surface area contributed by atoms with Gasteiger partial charge in [-0.25, -0.2) is 4.39 Å². The quantitative estimate of drug-likeness (QED) is 0.239. The third-order valence-corrected chi connectivity index (χ3v) is 7.18. The number of carboxylic acid groups (broad SMARTS) is 1. The van der Waals surface area contributed by atoms with Gasteiger partial charge in [0.05, 0.1) is 13.0 Å². The number of aryl methyl sites for hydroxylation is 2. The lowest BCUT2D eigenvalue weighted by molar-refractivity contribution is -0.137. The topological polar surface area (TPSA) is 106 Å². The molecule has 0 spiro atoms. The number of rotatable bonds is 7. The van der Waals surface area contributed by atoms with E-state index in [1.54, 1.807) is 13.1 Å². The molecule has 2 aliphatic rings. The van der Waals surface area contributed by atoms with E-state index in [-0.39, 0.29) is 18.2 Å². The molecule has 0 aromatic heterocycles. The fourth-order valence-electron chi connectivity index (χ4n) is 5.62. The van der Waals surface area contributed by atoms with E-state index in [0.717, 1.165) is 38.9 Å². The Kier molecular flexibility index (Phi) is 6.50. The number of carboxylic acids is 1. The molecule has 3 aromatic rings. The molecule has 37 heavy (non-hydrogen) atoms. The maximum Gasteiger partial charge on any atom is 0.304 e. The number of nitrogens with one attached hydrogen (secondary N) is 1. The van der Waals surface area contributed by atoms with E-state index < -0.39 is 12.1 Å². The molecule has 5 rings (SSSR count). The first kappa shape index (κ1) is 24.6. The average Bonchev–Trinajstić information content (AvgIpc) is 3.44. The average molecular weight is 504 g/mol. The Labute approximate surface area is 215 Å². The lowest BCUT2D eigenvalue weighted by Crippen LogP contribution is -2.17. The van der Waals surface area contributed by atoms with Gasteiger partial charge in [0.1, 0.15) is 23.4 Å². The van der Waals surface area contributed by atoms with Crippen LogP contribution in [0.25, 0.3) is 11.1 Å². The zero-order valence-electron chi connectivity index (χ0n) is 21.1. The molecule has 0 saturated heterocycles. The van der Waals surface area contributed by atoms with Gasteiger partial charge in [0.2, 0.25) is 0 Å². The predicted octanol–water partition coefficient (Wildman–Crippen LogP) is 4.97. The molecule has 8 heteroatoms. The lowest BCUT2D eigenvalue weighted by atomic mass is 9.89. The summed E-state index contributed by atoms with van der Waals surface area (Å²) in [5.41, 5.74) is 16.2. The summed E-state index contributed by atoms with van der Waals surface area (Å²) in [7, 11) is 1.70. The molecule has 1 heterocycles. The lowest BCUT2D eigenvalue weighted by Gasteiger charge is -2.19. The summed E-state index contributed by atoms with van der Waals surface area (Å²) >= 11 is 0. The Morgan fingerprint density at radius 3 is 2.68 bits per heavy atom. The Morgan fingerprint density at radius 2 is 1.97 bits per heavy atom. The minimum atomic E-state index is -0.856. The molecule has 0 amide bonds. The second-order valence-corrected chi connectivity index (χ2v) is 9.64. The van der Waals surface area contributed by atoms with E-state index in [9.17, 15) is 4.79 Å². The number of hydrazone groups is 1. The van der Waals surface area contributed by atoms with E-state index in [2.05, 4.69) is 10.5 Å². The molecular weight excluding hydrogens is 473 g/mol. The highest BCUT2D eigenvalue weighted by molar-refractivity contribution is 5.98. The Morgan fingerprint density at radius 1 is 1.22 bits per heavy atom. The minimum absolute atomic E-state index is 0.0197. The van der Waals surface area contributed by atoms with Gasteiger partial charge < -0.3 is 25.7 Å². The van der Waals surface area contributed by atoms with Gasteiger partial charge >= 0.3 is 5.97 Å². The highest BCUT2D eigenvalue weighted by Crippen LogP contribution is 2.45. The normalized spacial score (nSPS) is 18.2. The van der Waals surface area contributed by atoms with Crippen molar-refractivity contribution in [3.05, 3.63) is 81.7 Å². The van der Waals surface area contributed by atoms with Crippen LogP contribution in [0.4, 0.5) is 4.39 Å². The van der Waals surface area contributed by atoms with Crippen molar-refractivity contribution in [3.8, 4) is 22.6 Å². The molecule has 4 N–H and O–H groups in total. The highest BCUT2D eigenvalue weighted by atomic mass is 19.1. The van der Waals surface area contributed by atoms with Crippen LogP contribution in [0.15, 0.2) is 47.6 Å². The maximum absolute atomic E-state index is 15.2. The number of nitrogens with zero attached hydrogens (tertiary/aromatic N) is 1. The van der Waals surface area contributed by atoms with Gasteiger partial charge in [-0.2, -0.15) is 5.10 Å². The fraction of sp³-hybridized carbons (Fsp3) is 0.310. The SMILES string of the molecule is CN/N=C(\N)c1cc(C)c(-c2ccc(F)c3c2CC[C@H]3Oc2ccc3c(c2)OC[C@H]3CC(=O)O)c(C)c1. The number of hydrogen-bond donors (Lipinski definition) is 3. The van der Waals surface area contributed by atoms with E-state index >= 15 is 4.39 Å². The van der Waals surface area contributed by atoms with E-state index in [0.29, 0.717) is 42.3 Å². The maximum atomic E-state index is 15.2. The van der Waals surface area contributed by atoms with Crippen LogP contribution in [-0.4, -0.2) is 30.6 Å². The van der Waals surface area contributed by atoms with Gasteiger partial charge in [0.15, 0.2) is 5.84 Å². The van der Waals surface area contributed by atoms with Gasteiger partial charge in [-0.15, -0.1) is 0 Å². The Balaban J connectivity index is 1.45. The minimum Gasteiger partial charge on any atom is -0.492 e. The number of aliphatic carboxylic acids is 1. The smallest absolute Gasteiger partial charge is 0.304 e. The summed E-state index contributed by atoms with van der Waals surface area (Å²) in [6.07, 6.45) is 0.939. The molecule has 0 radical (unpaired) electrons. The number of carbonyl (C=O) groups is 1. The molecule has 0 bridgehead atoms. The van der Waals surface area contributed by atoms with Crippen LogP contribution in [0.3, 0.4) is 0 Å². The monoisotopic (exact) mass is 503 g/mol. The van der Waals surface area contributed by atoms with Crippen LogP contribution in [0.5, 0.6) is 11.5 Å². The standard InChI is InChI=1S/C29H30FN3O4/c1-15-10-17(29(31)33-32-3)11-16(2)27(15)21-6-8-23(30)28-22(21)7-9-24(28)37-19-4-5-20-18(12-26(34)35)14-36-25(20)13-19/h4-6,8,10-11,13,18,24,32H,7,9,12,14H2,1-3H3,(H2,31,33)(H,34,35)/t18-,24-/m1/s1. The van der Waals surface area contributed by atoms with Crippen molar-refractivity contribution in [1.29, 1.82) is 0 Å². The molecule has 0 fully saturated rings. The van der Waals surface area contributed by atoms with Crippen molar-refractivity contribution in [2.45, 2.75) is 45.1 Å². The van der Waals surface area contributed by atoms with Gasteiger partial charge in [-0.3, -0.25) is 4.79 Å².